The molecule has 12 nitrogen and oxygen atoms in total. The highest BCUT2D eigenvalue weighted by Gasteiger charge is 2.51. The Labute approximate surface area is 294 Å². The Morgan fingerprint density at radius 1 is 1.20 bits per heavy atom. The number of hydrogen-bond acceptors (Lipinski definition) is 10. The molecule has 0 saturated carbocycles. The number of carbonyl (C=O) groups excluding carboxylic acids is 2. The van der Waals surface area contributed by atoms with E-state index in [0.717, 1.165) is 4.68 Å². The molecular weight excluding hydrogens is 736 g/mol. The van der Waals surface area contributed by atoms with Crippen LogP contribution in [0.2, 0.25) is 0 Å². The number of hydrogen-bond donors (Lipinski definition) is 3. The third-order valence-corrected chi connectivity index (χ3v) is 13.6. The van der Waals surface area contributed by atoms with Crippen molar-refractivity contribution in [1.29, 1.82) is 0 Å². The van der Waals surface area contributed by atoms with Crippen LogP contribution in [-0.2, 0) is 15.9 Å². The zero-order valence-corrected chi connectivity index (χ0v) is 29.3. The van der Waals surface area contributed by atoms with Crippen molar-refractivity contribution in [2.24, 2.45) is 0 Å². The first-order valence-corrected chi connectivity index (χ1v) is 20.2. The minimum absolute atomic E-state index is 0.00477. The predicted molar refractivity (Wildman–Crippen MR) is 189 cm³/mol. The number of pyridine rings is 1. The molecule has 3 aromatic heterocycles. The lowest BCUT2D eigenvalue weighted by atomic mass is 10.0. The number of benzene rings is 1. The number of alkyl halides is 3. The maximum absolute atomic E-state index is 17.0. The van der Waals surface area contributed by atoms with Crippen LogP contribution in [0.5, 0.6) is 5.75 Å². The van der Waals surface area contributed by atoms with Crippen LogP contribution in [0.15, 0.2) is 60.0 Å². The third kappa shape index (κ3) is 6.89. The number of nitrogens with one attached hydrogen (secondary N) is 3. The maximum Gasteiger partial charge on any atom is 0.290 e. The van der Waals surface area contributed by atoms with Crippen molar-refractivity contribution < 1.29 is 35.9 Å². The molecule has 1 saturated heterocycles. The summed E-state index contributed by atoms with van der Waals surface area (Å²) < 4.78 is 82.3. The first-order chi connectivity index (χ1) is 23.9. The highest BCUT2D eigenvalue weighted by molar-refractivity contribution is 9.04. The number of ether oxygens (including phenoxy) is 1. The summed E-state index contributed by atoms with van der Waals surface area (Å²) in [6.07, 6.45) is 4.32. The second-order valence-electron chi connectivity index (χ2n) is 11.4. The molecule has 2 amide bonds. The standard InChI is InChI=1S/C31H28F3N7O5S4/c1-46-25-7-6-19-12-23(25)35-9-2-4-20-13-24-22(5-3-10-41(24)29(20)48-30(32)33)37-26-8-11-39(16-31(26,34)49-18-47-49)28(43)21-14-36-40(15-21)17-50(44,45)38-27(19)42/h3,5-7,10,12-15,18,26,30,35,37H,8-9,11,16-17H2,1H3,(H,38,42)/t26-,31-,49?/m1/s1. The third-order valence-electron chi connectivity index (χ3n) is 8.21. The van der Waals surface area contributed by atoms with Gasteiger partial charge in [-0.1, -0.05) is 32.2 Å². The average molecular weight is 764 g/mol. The summed E-state index contributed by atoms with van der Waals surface area (Å²) >= 11 is 0.341. The van der Waals surface area contributed by atoms with Crippen LogP contribution in [0.3, 0.4) is 0 Å². The monoisotopic (exact) mass is 763 g/mol. The average Bonchev–Trinajstić information content (AvgIpc) is 3.76. The number of methoxy groups -OCH3 is 1. The van der Waals surface area contributed by atoms with E-state index in [-0.39, 0.29) is 42.2 Å². The molecule has 4 aliphatic rings. The molecule has 7 heterocycles. The van der Waals surface area contributed by atoms with E-state index in [1.807, 2.05) is 4.72 Å². The molecule has 262 valence electrons. The SMILES string of the molecule is COc1ccc2cc1NCC#Cc1cc3c(cccn3c1SC(F)F)N[C@@H]1CCN(C[C@@]1(F)S1=CS1)C(=O)c1cnn(c1)CS(=O)(=O)NC2=O. The summed E-state index contributed by atoms with van der Waals surface area (Å²) in [5, 5.41) is 8.71. The van der Waals surface area contributed by atoms with Gasteiger partial charge in [0.25, 0.3) is 27.6 Å². The zero-order chi connectivity index (χ0) is 35.2. The van der Waals surface area contributed by atoms with Crippen LogP contribution < -0.4 is 20.1 Å². The van der Waals surface area contributed by atoms with Gasteiger partial charge >= 0.3 is 0 Å². The summed E-state index contributed by atoms with van der Waals surface area (Å²) in [5.74, 6) is 1.28. The lowest BCUT2D eigenvalue weighted by Gasteiger charge is -2.42. The maximum atomic E-state index is 17.0. The Bertz CT molecular complexity index is 2230. The second-order valence-corrected chi connectivity index (χ2v) is 18.0. The number of anilines is 2. The van der Waals surface area contributed by atoms with E-state index in [1.165, 1.54) is 53.4 Å². The van der Waals surface area contributed by atoms with E-state index in [0.29, 0.717) is 40.0 Å². The number of piperidine rings is 1. The van der Waals surface area contributed by atoms with E-state index in [2.05, 4.69) is 27.6 Å². The summed E-state index contributed by atoms with van der Waals surface area (Å²) in [4.78, 5) is 27.9. The fourth-order valence-electron chi connectivity index (χ4n) is 5.86. The molecule has 50 heavy (non-hydrogen) atoms. The van der Waals surface area contributed by atoms with Gasteiger partial charge in [0.1, 0.15) is 10.8 Å². The number of nitrogens with zero attached hydrogens (tertiary/aromatic N) is 4. The van der Waals surface area contributed by atoms with Gasteiger partial charge in [0.15, 0.2) is 10.9 Å². The van der Waals surface area contributed by atoms with Gasteiger partial charge in [-0.2, -0.15) is 13.9 Å². The highest BCUT2D eigenvalue weighted by atomic mass is 33.2. The fraction of sp³-hybridized carbons (Fsp3) is 0.290. The van der Waals surface area contributed by atoms with Crippen LogP contribution in [0.4, 0.5) is 24.5 Å². The molecule has 4 aliphatic heterocycles. The highest BCUT2D eigenvalue weighted by Crippen LogP contribution is 2.59. The Kier molecular flexibility index (Phi) is 9.21. The number of fused-ring (bicyclic) bond motifs is 7. The molecule has 1 aromatic carbocycles. The molecule has 19 heteroatoms. The number of aromatic nitrogens is 3. The molecule has 0 aliphatic carbocycles. The smallest absolute Gasteiger partial charge is 0.290 e. The zero-order valence-electron chi connectivity index (χ0n) is 26.1. The number of halogens is 3. The van der Waals surface area contributed by atoms with Crippen LogP contribution >= 0.6 is 32.1 Å². The van der Waals surface area contributed by atoms with Crippen LogP contribution in [-0.4, -0.2) is 87.6 Å². The number of sulfonamides is 1. The van der Waals surface area contributed by atoms with Gasteiger partial charge in [0, 0.05) is 29.2 Å². The molecule has 3 N–H and O–H groups in total. The van der Waals surface area contributed by atoms with Crippen molar-refractivity contribution in [3.05, 3.63) is 71.7 Å². The molecule has 8 bridgehead atoms. The van der Waals surface area contributed by atoms with Crippen molar-refractivity contribution in [1.82, 2.24) is 23.8 Å². The summed E-state index contributed by atoms with van der Waals surface area (Å²) in [6.45, 7) is -0.0385. The largest absolute Gasteiger partial charge is 0.495 e. The number of thioether (sulfide) groups is 1. The lowest BCUT2D eigenvalue weighted by molar-refractivity contribution is 0.0566. The van der Waals surface area contributed by atoms with Gasteiger partial charge in [-0.3, -0.25) is 14.3 Å². The molecule has 3 atom stereocenters. The quantitative estimate of drug-likeness (QED) is 0.117. The lowest BCUT2D eigenvalue weighted by Crippen LogP contribution is -2.56. The van der Waals surface area contributed by atoms with Crippen molar-refractivity contribution in [2.75, 3.05) is 37.4 Å². The van der Waals surface area contributed by atoms with Crippen LogP contribution in [0.25, 0.3) is 5.52 Å². The molecule has 0 radical (unpaired) electrons. The summed E-state index contributed by atoms with van der Waals surface area (Å²) in [6, 6.07) is 8.63. The fourth-order valence-corrected chi connectivity index (χ4v) is 10.5. The van der Waals surface area contributed by atoms with Crippen molar-refractivity contribution >= 4 is 75.5 Å². The minimum atomic E-state index is -4.28. The van der Waals surface area contributed by atoms with E-state index in [9.17, 15) is 26.8 Å². The Hall–Kier alpha value is -4.25. The topological polar surface area (TPSA) is 139 Å². The molecule has 4 aromatic rings. The van der Waals surface area contributed by atoms with Gasteiger partial charge < -0.3 is 24.7 Å². The van der Waals surface area contributed by atoms with E-state index >= 15 is 4.39 Å². The Morgan fingerprint density at radius 3 is 2.78 bits per heavy atom. The summed E-state index contributed by atoms with van der Waals surface area (Å²) in [5.41, 5.74) is 1.77. The number of carbonyl (C=O) groups is 2. The van der Waals surface area contributed by atoms with Gasteiger partial charge in [0.2, 0.25) is 0 Å². The van der Waals surface area contributed by atoms with Gasteiger partial charge in [-0.25, -0.2) is 17.5 Å². The first kappa shape index (κ1) is 34.2. The van der Waals surface area contributed by atoms with Crippen LogP contribution in [0.1, 0.15) is 32.7 Å². The minimum Gasteiger partial charge on any atom is -0.495 e. The molecule has 1 fully saturated rings. The Balaban J connectivity index is 1.29. The molecular formula is C31H28F3N7O5S4. The first-order valence-electron chi connectivity index (χ1n) is 15.0. The second kappa shape index (κ2) is 13.5. The summed E-state index contributed by atoms with van der Waals surface area (Å²) in [7, 11) is -2.32. The predicted octanol–water partition coefficient (Wildman–Crippen LogP) is 4.64. The molecule has 1 unspecified atom stereocenters. The van der Waals surface area contributed by atoms with Gasteiger partial charge in [-0.05, 0) is 54.6 Å². The number of amides is 2. The normalized spacial score (nSPS) is 23.3. The molecule has 0 spiro atoms. The van der Waals surface area contributed by atoms with Gasteiger partial charge in [-0.15, -0.1) is 0 Å². The van der Waals surface area contributed by atoms with Crippen molar-refractivity contribution in [3.8, 4) is 17.6 Å². The van der Waals surface area contributed by atoms with Crippen LogP contribution in [0, 0.1) is 11.8 Å². The molecule has 8 rings (SSSR count). The van der Waals surface area contributed by atoms with E-state index in [1.54, 1.807) is 33.5 Å². The van der Waals surface area contributed by atoms with Crippen molar-refractivity contribution in [3.63, 3.8) is 0 Å². The van der Waals surface area contributed by atoms with Gasteiger partial charge in [0.05, 0.1) is 60.5 Å². The van der Waals surface area contributed by atoms with Crippen molar-refractivity contribution in [2.45, 2.75) is 34.1 Å². The van der Waals surface area contributed by atoms with E-state index < -0.39 is 54.0 Å². The van der Waals surface area contributed by atoms with E-state index in [4.69, 9.17) is 4.74 Å². The Morgan fingerprint density at radius 2 is 2.02 bits per heavy atom. The number of rotatable bonds is 4.